The summed E-state index contributed by atoms with van der Waals surface area (Å²) in [5.74, 6) is 0.334. The molecule has 3 heteroatoms. The Morgan fingerprint density at radius 3 is 2.67 bits per heavy atom. The van der Waals surface area contributed by atoms with Crippen LogP contribution in [0.25, 0.3) is 0 Å². The van der Waals surface area contributed by atoms with Crippen molar-refractivity contribution >= 4 is 15.9 Å². The Balaban J connectivity index is 2.73. The van der Waals surface area contributed by atoms with Crippen LogP contribution in [0.15, 0.2) is 22.7 Å². The molecule has 0 saturated carbocycles. The lowest BCUT2D eigenvalue weighted by molar-refractivity contribution is 0.280. The minimum atomic E-state index is 0.334. The Morgan fingerprint density at radius 1 is 1.33 bits per heavy atom. The van der Waals surface area contributed by atoms with Crippen LogP contribution < -0.4 is 0 Å². The van der Waals surface area contributed by atoms with E-state index < -0.39 is 0 Å². The quantitative estimate of drug-likeness (QED) is 0.888. The predicted molar refractivity (Wildman–Crippen MR) is 67.0 cm³/mol. The molecule has 0 aromatic heterocycles. The van der Waals surface area contributed by atoms with Crippen LogP contribution in [-0.4, -0.2) is 23.1 Å². The first kappa shape index (κ1) is 12.5. The molecule has 15 heavy (non-hydrogen) atoms. The van der Waals surface area contributed by atoms with Gasteiger partial charge in [-0.25, -0.2) is 0 Å². The highest BCUT2D eigenvalue weighted by atomic mass is 79.9. The van der Waals surface area contributed by atoms with Crippen molar-refractivity contribution in [3.63, 3.8) is 0 Å². The number of hydrogen-bond donors (Lipinski definition) is 1. The van der Waals surface area contributed by atoms with Crippen LogP contribution in [0.5, 0.6) is 5.75 Å². The Bertz CT molecular complexity index is 314. The van der Waals surface area contributed by atoms with E-state index in [0.29, 0.717) is 5.75 Å². The molecule has 84 valence electrons. The van der Waals surface area contributed by atoms with Gasteiger partial charge in [0.1, 0.15) is 5.75 Å². The average molecular weight is 272 g/mol. The number of rotatable bonds is 5. The summed E-state index contributed by atoms with van der Waals surface area (Å²) < 4.78 is 1.06. The van der Waals surface area contributed by atoms with Gasteiger partial charge in [-0.1, -0.05) is 29.8 Å². The van der Waals surface area contributed by atoms with Crippen LogP contribution in [0.2, 0.25) is 0 Å². The van der Waals surface area contributed by atoms with E-state index in [4.69, 9.17) is 0 Å². The summed E-state index contributed by atoms with van der Waals surface area (Å²) in [4.78, 5) is 2.36. The van der Waals surface area contributed by atoms with E-state index in [9.17, 15) is 5.11 Å². The zero-order valence-electron chi connectivity index (χ0n) is 9.33. The standard InChI is InChI=1S/C12H18BrNO/c1-3-7-14(4-2)9-10-8-11(15)5-6-12(10)13/h5-6,8,15H,3-4,7,9H2,1-2H3. The van der Waals surface area contributed by atoms with Crippen LogP contribution in [0, 0.1) is 0 Å². The van der Waals surface area contributed by atoms with Crippen LogP contribution in [0.4, 0.5) is 0 Å². The van der Waals surface area contributed by atoms with Crippen molar-refractivity contribution in [2.24, 2.45) is 0 Å². The number of nitrogens with zero attached hydrogens (tertiary/aromatic N) is 1. The zero-order chi connectivity index (χ0) is 11.3. The van der Waals surface area contributed by atoms with Crippen LogP contribution >= 0.6 is 15.9 Å². The fourth-order valence-corrected chi connectivity index (χ4v) is 1.96. The summed E-state index contributed by atoms with van der Waals surface area (Å²) in [7, 11) is 0. The number of hydrogen-bond acceptors (Lipinski definition) is 2. The topological polar surface area (TPSA) is 23.5 Å². The third kappa shape index (κ3) is 3.84. The first-order valence-electron chi connectivity index (χ1n) is 5.37. The van der Waals surface area contributed by atoms with Crippen molar-refractivity contribution in [3.05, 3.63) is 28.2 Å². The maximum Gasteiger partial charge on any atom is 0.115 e. The van der Waals surface area contributed by atoms with Gasteiger partial charge in [0.05, 0.1) is 0 Å². The molecular weight excluding hydrogens is 254 g/mol. The van der Waals surface area contributed by atoms with Gasteiger partial charge in [-0.05, 0) is 43.3 Å². The average Bonchev–Trinajstić information content (AvgIpc) is 2.22. The third-order valence-corrected chi connectivity index (χ3v) is 3.18. The Hall–Kier alpha value is -0.540. The number of benzene rings is 1. The van der Waals surface area contributed by atoms with E-state index in [-0.39, 0.29) is 0 Å². The highest BCUT2D eigenvalue weighted by Crippen LogP contribution is 2.23. The lowest BCUT2D eigenvalue weighted by Gasteiger charge is -2.20. The van der Waals surface area contributed by atoms with Crippen LogP contribution in [0.1, 0.15) is 25.8 Å². The number of phenols is 1. The van der Waals surface area contributed by atoms with Gasteiger partial charge >= 0.3 is 0 Å². The van der Waals surface area contributed by atoms with Crippen molar-refractivity contribution in [2.75, 3.05) is 13.1 Å². The first-order valence-corrected chi connectivity index (χ1v) is 6.16. The summed E-state index contributed by atoms with van der Waals surface area (Å²) >= 11 is 3.50. The molecule has 0 spiro atoms. The van der Waals surface area contributed by atoms with E-state index in [0.717, 1.165) is 36.1 Å². The summed E-state index contributed by atoms with van der Waals surface area (Å²) in [5.41, 5.74) is 1.14. The van der Waals surface area contributed by atoms with Gasteiger partial charge < -0.3 is 5.11 Å². The number of aromatic hydroxyl groups is 1. The molecule has 0 amide bonds. The monoisotopic (exact) mass is 271 g/mol. The molecule has 0 fully saturated rings. The van der Waals surface area contributed by atoms with Crippen molar-refractivity contribution in [3.8, 4) is 5.75 Å². The number of halogens is 1. The highest BCUT2D eigenvalue weighted by Gasteiger charge is 2.06. The molecule has 0 bridgehead atoms. The van der Waals surface area contributed by atoms with Gasteiger partial charge in [-0.3, -0.25) is 4.90 Å². The van der Waals surface area contributed by atoms with Crippen molar-refractivity contribution < 1.29 is 5.11 Å². The first-order chi connectivity index (χ1) is 7.17. The molecule has 1 aromatic carbocycles. The SMILES string of the molecule is CCCN(CC)Cc1cc(O)ccc1Br. The molecule has 0 atom stereocenters. The molecule has 0 aliphatic heterocycles. The predicted octanol–water partition coefficient (Wildman–Crippen LogP) is 3.39. The molecule has 0 unspecified atom stereocenters. The van der Waals surface area contributed by atoms with Crippen LogP contribution in [-0.2, 0) is 6.54 Å². The molecule has 1 N–H and O–H groups in total. The maximum atomic E-state index is 9.41. The molecule has 1 rings (SSSR count). The molecule has 0 aliphatic carbocycles. The second-order valence-electron chi connectivity index (χ2n) is 3.64. The Kier molecular flexibility index (Phi) is 5.12. The summed E-state index contributed by atoms with van der Waals surface area (Å²) in [5, 5.41) is 9.41. The van der Waals surface area contributed by atoms with E-state index in [1.54, 1.807) is 6.07 Å². The summed E-state index contributed by atoms with van der Waals surface area (Å²) in [6.45, 7) is 7.36. The molecule has 0 radical (unpaired) electrons. The smallest absolute Gasteiger partial charge is 0.115 e. The van der Waals surface area contributed by atoms with Gasteiger partial charge in [-0.15, -0.1) is 0 Å². The Morgan fingerprint density at radius 2 is 2.07 bits per heavy atom. The Labute approximate surface area is 100 Å². The molecule has 1 aromatic rings. The molecule has 0 heterocycles. The van der Waals surface area contributed by atoms with Gasteiger partial charge in [0, 0.05) is 11.0 Å². The minimum Gasteiger partial charge on any atom is -0.508 e. The summed E-state index contributed by atoms with van der Waals surface area (Å²) in [6, 6.07) is 5.41. The van der Waals surface area contributed by atoms with E-state index in [1.165, 1.54) is 0 Å². The van der Waals surface area contributed by atoms with E-state index in [2.05, 4.69) is 34.7 Å². The van der Waals surface area contributed by atoms with E-state index in [1.807, 2.05) is 12.1 Å². The normalized spacial score (nSPS) is 10.9. The fourth-order valence-electron chi connectivity index (χ4n) is 1.59. The lowest BCUT2D eigenvalue weighted by Crippen LogP contribution is -2.23. The highest BCUT2D eigenvalue weighted by molar-refractivity contribution is 9.10. The van der Waals surface area contributed by atoms with Crippen LogP contribution in [0.3, 0.4) is 0 Å². The van der Waals surface area contributed by atoms with Gasteiger partial charge in [-0.2, -0.15) is 0 Å². The third-order valence-electron chi connectivity index (χ3n) is 2.41. The zero-order valence-corrected chi connectivity index (χ0v) is 10.9. The molecule has 0 aliphatic rings. The second-order valence-corrected chi connectivity index (χ2v) is 4.50. The fraction of sp³-hybridized carbons (Fsp3) is 0.500. The lowest BCUT2D eigenvalue weighted by atomic mass is 10.2. The minimum absolute atomic E-state index is 0.334. The van der Waals surface area contributed by atoms with Crippen molar-refractivity contribution in [1.82, 2.24) is 4.90 Å². The van der Waals surface area contributed by atoms with Crippen molar-refractivity contribution in [1.29, 1.82) is 0 Å². The molecular formula is C12H18BrNO. The van der Waals surface area contributed by atoms with Crippen molar-refractivity contribution in [2.45, 2.75) is 26.8 Å². The largest absolute Gasteiger partial charge is 0.508 e. The summed E-state index contributed by atoms with van der Waals surface area (Å²) in [6.07, 6.45) is 1.16. The van der Waals surface area contributed by atoms with E-state index >= 15 is 0 Å². The van der Waals surface area contributed by atoms with Gasteiger partial charge in [0.25, 0.3) is 0 Å². The molecule has 2 nitrogen and oxygen atoms in total. The molecule has 0 saturated heterocycles. The van der Waals surface area contributed by atoms with Gasteiger partial charge in [0.15, 0.2) is 0 Å². The van der Waals surface area contributed by atoms with Gasteiger partial charge in [0.2, 0.25) is 0 Å². The second kappa shape index (κ2) is 6.13. The maximum absolute atomic E-state index is 9.41. The number of phenolic OH excluding ortho intramolecular Hbond substituents is 1.